The Labute approximate surface area is 229 Å². The van der Waals surface area contributed by atoms with Crippen molar-refractivity contribution in [1.29, 1.82) is 5.26 Å². The van der Waals surface area contributed by atoms with E-state index in [0.29, 0.717) is 27.7 Å². The molecule has 0 saturated carbocycles. The number of amides is 2. The van der Waals surface area contributed by atoms with Gasteiger partial charge in [0.2, 0.25) is 5.82 Å². The van der Waals surface area contributed by atoms with E-state index in [1.54, 1.807) is 48.4 Å². The number of ether oxygens (including phenoxy) is 1. The van der Waals surface area contributed by atoms with Crippen LogP contribution in [0.25, 0.3) is 11.4 Å². The predicted molar refractivity (Wildman–Crippen MR) is 135 cm³/mol. The highest BCUT2D eigenvalue weighted by Gasteiger charge is 2.36. The second kappa shape index (κ2) is 10.7. The van der Waals surface area contributed by atoms with E-state index in [1.807, 2.05) is 6.07 Å². The number of carbonyl (C=O) groups is 1. The molecule has 5 rings (SSSR count). The first-order chi connectivity index (χ1) is 19.1. The van der Waals surface area contributed by atoms with E-state index in [4.69, 9.17) is 11.6 Å². The number of halogens is 4. The lowest BCUT2D eigenvalue weighted by Crippen LogP contribution is -2.41. The molecule has 0 saturated heterocycles. The zero-order valence-corrected chi connectivity index (χ0v) is 21.3. The van der Waals surface area contributed by atoms with Gasteiger partial charge in [0, 0.05) is 22.5 Å². The van der Waals surface area contributed by atoms with Crippen LogP contribution >= 0.6 is 11.6 Å². The Morgan fingerprint density at radius 3 is 2.52 bits per heavy atom. The van der Waals surface area contributed by atoms with Crippen LogP contribution < -0.4 is 9.64 Å². The zero-order valence-electron chi connectivity index (χ0n) is 20.6. The number of nitriles is 1. The first kappa shape index (κ1) is 26.6. The Balaban J connectivity index is 1.45. The molecule has 1 aliphatic heterocycles. The molecule has 0 N–H and O–H groups in total. The fourth-order valence-corrected chi connectivity index (χ4v) is 4.15. The fraction of sp³-hybridized carbons (Fsp3) is 0.208. The summed E-state index contributed by atoms with van der Waals surface area (Å²) in [5.41, 5.74) is 1.96. The Hall–Kier alpha value is -4.97. The maximum atomic E-state index is 13.6. The molecular weight excluding hydrogens is 553 g/mol. The number of hydrogen-bond acceptors (Lipinski definition) is 8. The number of benzene rings is 2. The maximum Gasteiger partial charge on any atom is 0.573 e. The van der Waals surface area contributed by atoms with Crippen molar-refractivity contribution in [2.45, 2.75) is 12.4 Å². The van der Waals surface area contributed by atoms with Crippen LogP contribution in [0.3, 0.4) is 0 Å². The highest BCUT2D eigenvalue weighted by atomic mass is 35.5. The molecule has 0 radical (unpaired) electrons. The number of hydrogen-bond donors (Lipinski definition) is 0. The van der Waals surface area contributed by atoms with Crippen LogP contribution in [0.15, 0.2) is 66.0 Å². The Bertz CT molecular complexity index is 1590. The third-order valence-electron chi connectivity index (χ3n) is 5.78. The summed E-state index contributed by atoms with van der Waals surface area (Å²) in [6.45, 7) is -0.335. The molecule has 0 spiro atoms. The van der Waals surface area contributed by atoms with Crippen LogP contribution in [0.4, 0.5) is 23.7 Å². The van der Waals surface area contributed by atoms with Crippen LogP contribution in [-0.2, 0) is 7.05 Å². The average Bonchev–Trinajstić information content (AvgIpc) is 3.66. The fourth-order valence-electron chi connectivity index (χ4n) is 4.02. The van der Waals surface area contributed by atoms with Gasteiger partial charge >= 0.3 is 12.4 Å². The third-order valence-corrected chi connectivity index (χ3v) is 6.03. The molecule has 16 heteroatoms. The van der Waals surface area contributed by atoms with Crippen LogP contribution in [0.5, 0.6) is 5.75 Å². The topological polar surface area (TPSA) is 130 Å². The number of rotatable bonds is 6. The van der Waals surface area contributed by atoms with Gasteiger partial charge in [-0.25, -0.2) is 9.80 Å². The van der Waals surface area contributed by atoms with Crippen molar-refractivity contribution in [3.8, 4) is 23.2 Å². The maximum absolute atomic E-state index is 13.6. The Kier molecular flexibility index (Phi) is 7.09. The van der Waals surface area contributed by atoms with Crippen molar-refractivity contribution in [1.82, 2.24) is 35.0 Å². The molecule has 204 valence electrons. The Morgan fingerprint density at radius 2 is 1.90 bits per heavy atom. The second-order valence-electron chi connectivity index (χ2n) is 8.47. The minimum atomic E-state index is -4.86. The van der Waals surface area contributed by atoms with Crippen molar-refractivity contribution in [2.75, 3.05) is 18.0 Å². The van der Waals surface area contributed by atoms with Gasteiger partial charge in [-0.3, -0.25) is 9.58 Å². The van der Waals surface area contributed by atoms with E-state index in [2.05, 4.69) is 30.3 Å². The predicted octanol–water partition coefficient (Wildman–Crippen LogP) is 4.04. The second-order valence-corrected chi connectivity index (χ2v) is 8.91. The smallest absolute Gasteiger partial charge is 0.406 e. The quantitative estimate of drug-likeness (QED) is 0.320. The van der Waals surface area contributed by atoms with E-state index in [1.165, 1.54) is 21.9 Å². The van der Waals surface area contributed by atoms with Crippen LogP contribution in [0.1, 0.15) is 11.6 Å². The van der Waals surface area contributed by atoms with E-state index in [0.717, 1.165) is 17.0 Å². The summed E-state index contributed by atoms with van der Waals surface area (Å²) in [4.78, 5) is 16.0. The van der Waals surface area contributed by atoms with Gasteiger partial charge in [0.1, 0.15) is 18.3 Å². The van der Waals surface area contributed by atoms with Gasteiger partial charge in [-0.15, -0.1) is 23.4 Å². The van der Waals surface area contributed by atoms with Crippen LogP contribution in [-0.4, -0.2) is 66.2 Å². The highest BCUT2D eigenvalue weighted by Crippen LogP contribution is 2.29. The standard InChI is InChI=1S/C24H18ClF3N10O2/c1-35-33-22(31-34-35)16-12-30-37(13-16)20-14-38(32-21(20)15-2-4-17(25)5-3-15)23(39)36(11-10-29)18-6-8-19(9-7-18)40-24(26,27)28/h2-9,12-13,20H,11,14H2,1H3. The largest absolute Gasteiger partial charge is 0.573 e. The molecule has 2 amide bonds. The molecule has 40 heavy (non-hydrogen) atoms. The number of aromatic nitrogens is 6. The van der Waals surface area contributed by atoms with Crippen LogP contribution in [0, 0.1) is 11.3 Å². The highest BCUT2D eigenvalue weighted by molar-refractivity contribution is 6.30. The first-order valence-corrected chi connectivity index (χ1v) is 11.9. The summed E-state index contributed by atoms with van der Waals surface area (Å²) in [5.74, 6) is -0.0974. The summed E-state index contributed by atoms with van der Waals surface area (Å²) in [7, 11) is 1.64. The zero-order chi connectivity index (χ0) is 28.4. The lowest BCUT2D eigenvalue weighted by atomic mass is 10.0. The first-order valence-electron chi connectivity index (χ1n) is 11.6. The molecule has 2 aromatic carbocycles. The minimum Gasteiger partial charge on any atom is -0.406 e. The summed E-state index contributed by atoms with van der Waals surface area (Å²) in [6.07, 6.45) is -1.60. The van der Waals surface area contributed by atoms with Gasteiger partial charge in [0.05, 0.1) is 37.1 Å². The molecule has 12 nitrogen and oxygen atoms in total. The lowest BCUT2D eigenvalue weighted by Gasteiger charge is -2.24. The molecule has 0 fully saturated rings. The molecule has 2 aromatic heterocycles. The summed E-state index contributed by atoms with van der Waals surface area (Å²) in [5, 5.41) is 32.0. The van der Waals surface area contributed by atoms with Crippen molar-refractivity contribution < 1.29 is 22.7 Å². The third kappa shape index (κ3) is 5.71. The summed E-state index contributed by atoms with van der Waals surface area (Å²) >= 11 is 6.06. The van der Waals surface area contributed by atoms with Gasteiger partial charge in [-0.2, -0.15) is 20.3 Å². The molecular formula is C24H18ClF3N10O2. The molecule has 0 bridgehead atoms. The Morgan fingerprint density at radius 1 is 1.18 bits per heavy atom. The lowest BCUT2D eigenvalue weighted by molar-refractivity contribution is -0.274. The van der Waals surface area contributed by atoms with E-state index in [9.17, 15) is 23.2 Å². The number of anilines is 1. The molecule has 4 aromatic rings. The monoisotopic (exact) mass is 570 g/mol. The van der Waals surface area contributed by atoms with Gasteiger partial charge in [-0.1, -0.05) is 23.7 Å². The number of hydrazone groups is 1. The molecule has 0 aliphatic carbocycles. The average molecular weight is 571 g/mol. The number of carbonyl (C=O) groups excluding carboxylic acids is 1. The number of nitrogens with zero attached hydrogens (tertiary/aromatic N) is 10. The molecule has 1 unspecified atom stereocenters. The van der Waals surface area contributed by atoms with Crippen LogP contribution in [0.2, 0.25) is 5.02 Å². The van der Waals surface area contributed by atoms with E-state index < -0.39 is 24.2 Å². The minimum absolute atomic E-state index is 0.0446. The SMILES string of the molecule is Cn1nnc(-c2cnn(C3CN(C(=O)N(CC#N)c4ccc(OC(F)(F)F)cc4)N=C3c3ccc(Cl)cc3)c2)n1. The molecule has 1 atom stereocenters. The van der Waals surface area contributed by atoms with Crippen molar-refractivity contribution in [2.24, 2.45) is 12.1 Å². The number of alkyl halides is 3. The normalized spacial score (nSPS) is 15.1. The molecule has 1 aliphatic rings. The number of aryl methyl sites for hydroxylation is 1. The van der Waals surface area contributed by atoms with E-state index in [-0.39, 0.29) is 18.8 Å². The van der Waals surface area contributed by atoms with Crippen molar-refractivity contribution in [3.05, 3.63) is 71.5 Å². The van der Waals surface area contributed by atoms with Gasteiger partial charge < -0.3 is 4.74 Å². The van der Waals surface area contributed by atoms with Crippen molar-refractivity contribution >= 4 is 29.0 Å². The van der Waals surface area contributed by atoms with E-state index >= 15 is 0 Å². The van der Waals surface area contributed by atoms with Gasteiger partial charge in [0.25, 0.3) is 0 Å². The summed E-state index contributed by atoms with van der Waals surface area (Å²) < 4.78 is 43.2. The van der Waals surface area contributed by atoms with Gasteiger partial charge in [0.15, 0.2) is 0 Å². The summed E-state index contributed by atoms with van der Waals surface area (Å²) in [6, 6.07) is 12.2. The van der Waals surface area contributed by atoms with Crippen molar-refractivity contribution in [3.63, 3.8) is 0 Å². The van der Waals surface area contributed by atoms with Gasteiger partial charge in [-0.05, 0) is 41.6 Å². The molecule has 3 heterocycles. The number of tetrazole rings is 1. The number of urea groups is 1.